The lowest BCUT2D eigenvalue weighted by Crippen LogP contribution is -2.07. The van der Waals surface area contributed by atoms with Crippen molar-refractivity contribution >= 4 is 23.5 Å². The lowest BCUT2D eigenvalue weighted by Gasteiger charge is -2.09. The minimum atomic E-state index is -0.490. The first-order valence-electron chi connectivity index (χ1n) is 4.58. The van der Waals surface area contributed by atoms with E-state index in [0.29, 0.717) is 5.02 Å². The molecule has 4 heteroatoms. The topological polar surface area (TPSA) is 43.4 Å². The molecule has 78 valence electrons. The van der Waals surface area contributed by atoms with Gasteiger partial charge in [-0.05, 0) is 30.2 Å². The van der Waals surface area contributed by atoms with Crippen LogP contribution in [0.3, 0.4) is 0 Å². The van der Waals surface area contributed by atoms with Crippen molar-refractivity contribution in [2.45, 2.75) is 19.3 Å². The molecule has 0 N–H and O–H groups in total. The molecule has 3 nitrogen and oxygen atoms in total. The van der Waals surface area contributed by atoms with E-state index in [0.717, 1.165) is 11.1 Å². The number of benzene rings is 1. The zero-order valence-corrected chi connectivity index (χ0v) is 8.88. The van der Waals surface area contributed by atoms with E-state index in [-0.39, 0.29) is 6.42 Å². The standard InChI is InChI=1S/C11H9ClO3/c1-6-2-3-7(12)4-8(6)9-5-10(13)15-11(9)14/h2-4,9H,5H2,1H3. The van der Waals surface area contributed by atoms with Gasteiger partial charge < -0.3 is 4.74 Å². The quantitative estimate of drug-likeness (QED) is 0.543. The van der Waals surface area contributed by atoms with Crippen LogP contribution in [0.4, 0.5) is 0 Å². The van der Waals surface area contributed by atoms with Crippen LogP contribution in [0.1, 0.15) is 23.5 Å². The summed E-state index contributed by atoms with van der Waals surface area (Å²) in [6.45, 7) is 1.88. The zero-order chi connectivity index (χ0) is 11.0. The van der Waals surface area contributed by atoms with E-state index in [1.807, 2.05) is 13.0 Å². The van der Waals surface area contributed by atoms with Crippen molar-refractivity contribution in [1.82, 2.24) is 0 Å². The number of cyclic esters (lactones) is 2. The summed E-state index contributed by atoms with van der Waals surface area (Å²) in [5, 5.41) is 0.558. The van der Waals surface area contributed by atoms with Gasteiger partial charge in [0.2, 0.25) is 0 Å². The molecule has 0 saturated carbocycles. The molecule has 2 rings (SSSR count). The van der Waals surface area contributed by atoms with Gasteiger partial charge in [0.05, 0.1) is 12.3 Å². The molecule has 1 heterocycles. The minimum absolute atomic E-state index is 0.111. The van der Waals surface area contributed by atoms with Gasteiger partial charge in [-0.1, -0.05) is 17.7 Å². The van der Waals surface area contributed by atoms with Crippen LogP contribution < -0.4 is 0 Å². The van der Waals surface area contributed by atoms with Gasteiger partial charge in [0, 0.05) is 5.02 Å². The van der Waals surface area contributed by atoms with E-state index >= 15 is 0 Å². The smallest absolute Gasteiger partial charge is 0.321 e. The summed E-state index contributed by atoms with van der Waals surface area (Å²) in [6, 6.07) is 5.29. The number of aryl methyl sites for hydroxylation is 1. The minimum Gasteiger partial charge on any atom is -0.393 e. The maximum atomic E-state index is 11.4. The fourth-order valence-corrected chi connectivity index (χ4v) is 1.88. The lowest BCUT2D eigenvalue weighted by atomic mass is 9.94. The van der Waals surface area contributed by atoms with Crippen LogP contribution in [-0.4, -0.2) is 11.9 Å². The van der Waals surface area contributed by atoms with Gasteiger partial charge in [-0.25, -0.2) is 0 Å². The molecule has 0 amide bonds. The Labute approximate surface area is 92.0 Å². The van der Waals surface area contributed by atoms with Gasteiger partial charge in [0.15, 0.2) is 0 Å². The van der Waals surface area contributed by atoms with Gasteiger partial charge in [-0.2, -0.15) is 0 Å². The molecule has 1 aliphatic rings. The predicted octanol–water partition coefficient (Wildman–Crippen LogP) is 2.21. The van der Waals surface area contributed by atoms with Gasteiger partial charge in [0.1, 0.15) is 0 Å². The fourth-order valence-electron chi connectivity index (χ4n) is 1.70. The zero-order valence-electron chi connectivity index (χ0n) is 8.12. The Kier molecular flexibility index (Phi) is 2.49. The highest BCUT2D eigenvalue weighted by atomic mass is 35.5. The first kappa shape index (κ1) is 10.2. The number of ether oxygens (including phenoxy) is 1. The van der Waals surface area contributed by atoms with Crippen LogP contribution in [0.5, 0.6) is 0 Å². The second kappa shape index (κ2) is 3.66. The summed E-state index contributed by atoms with van der Waals surface area (Å²) in [5.74, 6) is -1.44. The van der Waals surface area contributed by atoms with Crippen LogP contribution in [0.25, 0.3) is 0 Å². The van der Waals surface area contributed by atoms with Crippen LogP contribution in [0.2, 0.25) is 5.02 Å². The fraction of sp³-hybridized carbons (Fsp3) is 0.273. The Balaban J connectivity index is 2.41. The molecule has 0 bridgehead atoms. The van der Waals surface area contributed by atoms with Gasteiger partial charge in [-0.3, -0.25) is 9.59 Å². The molecule has 1 saturated heterocycles. The Bertz CT molecular complexity index is 439. The van der Waals surface area contributed by atoms with Crippen molar-refractivity contribution in [2.24, 2.45) is 0 Å². The third kappa shape index (κ3) is 1.88. The second-order valence-corrected chi connectivity index (χ2v) is 3.99. The Hall–Kier alpha value is -1.35. The molecule has 0 spiro atoms. The van der Waals surface area contributed by atoms with E-state index in [1.54, 1.807) is 12.1 Å². The summed E-state index contributed by atoms with van der Waals surface area (Å²) in [5.41, 5.74) is 1.72. The average Bonchev–Trinajstić information content (AvgIpc) is 2.50. The highest BCUT2D eigenvalue weighted by Crippen LogP contribution is 2.31. The van der Waals surface area contributed by atoms with E-state index in [1.165, 1.54) is 0 Å². The van der Waals surface area contributed by atoms with Crippen molar-refractivity contribution in [3.05, 3.63) is 34.3 Å². The summed E-state index contributed by atoms with van der Waals surface area (Å²) in [7, 11) is 0. The monoisotopic (exact) mass is 224 g/mol. The molecule has 1 unspecified atom stereocenters. The number of hydrogen-bond donors (Lipinski definition) is 0. The molecule has 1 atom stereocenters. The number of carbonyl (C=O) groups excluding carboxylic acids is 2. The molecular weight excluding hydrogens is 216 g/mol. The first-order valence-corrected chi connectivity index (χ1v) is 4.96. The van der Waals surface area contributed by atoms with E-state index in [4.69, 9.17) is 11.6 Å². The van der Waals surface area contributed by atoms with Gasteiger partial charge in [0.25, 0.3) is 0 Å². The maximum Gasteiger partial charge on any atom is 0.321 e. The second-order valence-electron chi connectivity index (χ2n) is 3.55. The highest BCUT2D eigenvalue weighted by Gasteiger charge is 2.35. The number of carbonyl (C=O) groups is 2. The number of hydrogen-bond acceptors (Lipinski definition) is 3. The lowest BCUT2D eigenvalue weighted by molar-refractivity contribution is -0.152. The molecule has 15 heavy (non-hydrogen) atoms. The Morgan fingerprint density at radius 2 is 2.13 bits per heavy atom. The molecular formula is C11H9ClO3. The van der Waals surface area contributed by atoms with Crippen molar-refractivity contribution in [3.63, 3.8) is 0 Å². The van der Waals surface area contributed by atoms with Crippen LogP contribution in [-0.2, 0) is 14.3 Å². The van der Waals surface area contributed by atoms with Crippen molar-refractivity contribution in [3.8, 4) is 0 Å². The van der Waals surface area contributed by atoms with E-state index < -0.39 is 17.9 Å². The third-order valence-corrected chi connectivity index (χ3v) is 2.72. The molecule has 0 aromatic heterocycles. The summed E-state index contributed by atoms with van der Waals surface area (Å²) >= 11 is 5.84. The molecule has 1 aromatic carbocycles. The molecule has 0 radical (unpaired) electrons. The predicted molar refractivity (Wildman–Crippen MR) is 54.6 cm³/mol. The highest BCUT2D eigenvalue weighted by molar-refractivity contribution is 6.30. The van der Waals surface area contributed by atoms with Crippen LogP contribution in [0, 0.1) is 6.92 Å². The molecule has 1 aromatic rings. The number of halogens is 1. The maximum absolute atomic E-state index is 11.4. The van der Waals surface area contributed by atoms with Crippen LogP contribution >= 0.6 is 11.6 Å². The SMILES string of the molecule is Cc1ccc(Cl)cc1C1CC(=O)OC1=O. The summed E-state index contributed by atoms with van der Waals surface area (Å²) in [6.07, 6.45) is 0.111. The number of rotatable bonds is 1. The summed E-state index contributed by atoms with van der Waals surface area (Å²) < 4.78 is 4.50. The van der Waals surface area contributed by atoms with Crippen LogP contribution in [0.15, 0.2) is 18.2 Å². The van der Waals surface area contributed by atoms with Gasteiger partial charge in [-0.15, -0.1) is 0 Å². The first-order chi connectivity index (χ1) is 7.08. The van der Waals surface area contributed by atoms with Gasteiger partial charge >= 0.3 is 11.9 Å². The number of esters is 2. The summed E-state index contributed by atoms with van der Waals surface area (Å²) in [4.78, 5) is 22.3. The van der Waals surface area contributed by atoms with E-state index in [2.05, 4.69) is 4.74 Å². The average molecular weight is 225 g/mol. The Morgan fingerprint density at radius 1 is 1.40 bits per heavy atom. The van der Waals surface area contributed by atoms with Crippen molar-refractivity contribution in [1.29, 1.82) is 0 Å². The molecule has 1 aliphatic heterocycles. The van der Waals surface area contributed by atoms with Crippen molar-refractivity contribution in [2.75, 3.05) is 0 Å². The Morgan fingerprint density at radius 3 is 2.73 bits per heavy atom. The van der Waals surface area contributed by atoms with Crippen molar-refractivity contribution < 1.29 is 14.3 Å². The van der Waals surface area contributed by atoms with E-state index in [9.17, 15) is 9.59 Å². The largest absolute Gasteiger partial charge is 0.393 e. The third-order valence-electron chi connectivity index (χ3n) is 2.49. The normalized spacial score (nSPS) is 20.5. The molecule has 1 fully saturated rings. The molecule has 0 aliphatic carbocycles.